The van der Waals surface area contributed by atoms with Crippen LogP contribution in [0.3, 0.4) is 0 Å². The fraction of sp³-hybridized carbons (Fsp3) is 0.571. The molecule has 4 heteroatoms. The lowest BCUT2D eigenvalue weighted by Gasteiger charge is -2.23. The van der Waals surface area contributed by atoms with Crippen molar-refractivity contribution in [1.29, 1.82) is 5.26 Å². The molecule has 0 saturated heterocycles. The Morgan fingerprint density at radius 3 is 2.94 bits per heavy atom. The van der Waals surface area contributed by atoms with Crippen LogP contribution >= 0.6 is 11.8 Å². The van der Waals surface area contributed by atoms with Crippen LogP contribution in [0.1, 0.15) is 37.1 Å². The van der Waals surface area contributed by atoms with Gasteiger partial charge in [0.25, 0.3) is 0 Å². The molecule has 0 atom stereocenters. The van der Waals surface area contributed by atoms with E-state index in [1.54, 1.807) is 0 Å². The van der Waals surface area contributed by atoms with Crippen molar-refractivity contribution < 1.29 is 0 Å². The van der Waals surface area contributed by atoms with Crippen molar-refractivity contribution in [3.05, 3.63) is 22.9 Å². The molecule has 1 aromatic rings. The van der Waals surface area contributed by atoms with E-state index in [2.05, 4.69) is 36.5 Å². The first-order valence-corrected chi connectivity index (χ1v) is 7.50. The Hall–Kier alpha value is -1.21. The largest absolute Gasteiger partial charge is 0.368 e. The number of pyridine rings is 1. The second kappa shape index (κ2) is 5.19. The zero-order chi connectivity index (χ0) is 13.2. The standard InChI is InChI=1S/C14H19N3S/c1-14(2,18-3)9-16-13-11(8-15)7-10-5-4-6-12(10)17-13/h7H,4-6,9H2,1-3H3,(H,16,17). The molecule has 0 aliphatic heterocycles. The van der Waals surface area contributed by atoms with Gasteiger partial charge in [-0.15, -0.1) is 0 Å². The number of thioether (sulfide) groups is 1. The van der Waals surface area contributed by atoms with Crippen LogP contribution in [0.4, 0.5) is 5.82 Å². The molecule has 0 unspecified atom stereocenters. The van der Waals surface area contributed by atoms with Crippen LogP contribution in [0.5, 0.6) is 0 Å². The number of anilines is 1. The molecule has 1 N–H and O–H groups in total. The molecule has 0 saturated carbocycles. The fourth-order valence-corrected chi connectivity index (χ4v) is 2.28. The summed E-state index contributed by atoms with van der Waals surface area (Å²) in [6.45, 7) is 5.18. The molecule has 0 radical (unpaired) electrons. The molecule has 18 heavy (non-hydrogen) atoms. The second-order valence-electron chi connectivity index (χ2n) is 5.27. The number of aromatic nitrogens is 1. The Morgan fingerprint density at radius 1 is 1.50 bits per heavy atom. The van der Waals surface area contributed by atoms with E-state index in [1.165, 1.54) is 11.3 Å². The molecule has 0 spiro atoms. The molecule has 0 bridgehead atoms. The summed E-state index contributed by atoms with van der Waals surface area (Å²) in [6.07, 6.45) is 5.37. The highest BCUT2D eigenvalue weighted by Gasteiger charge is 2.19. The zero-order valence-corrected chi connectivity index (χ0v) is 12.0. The van der Waals surface area contributed by atoms with Crippen molar-refractivity contribution in [2.45, 2.75) is 37.9 Å². The normalized spacial score (nSPS) is 14.1. The van der Waals surface area contributed by atoms with E-state index < -0.39 is 0 Å². The number of nitrogens with zero attached hydrogens (tertiary/aromatic N) is 2. The summed E-state index contributed by atoms with van der Waals surface area (Å²) in [5.41, 5.74) is 3.09. The molecule has 1 heterocycles. The minimum atomic E-state index is 0.146. The fourth-order valence-electron chi connectivity index (χ4n) is 2.06. The molecule has 96 valence electrons. The van der Waals surface area contributed by atoms with Gasteiger partial charge < -0.3 is 5.32 Å². The molecule has 2 rings (SSSR count). The third kappa shape index (κ3) is 2.78. The summed E-state index contributed by atoms with van der Waals surface area (Å²) < 4.78 is 0.146. The average Bonchev–Trinajstić information content (AvgIpc) is 2.82. The van der Waals surface area contributed by atoms with Crippen LogP contribution in [0.2, 0.25) is 0 Å². The molecule has 0 amide bonds. The van der Waals surface area contributed by atoms with Gasteiger partial charge in [-0.1, -0.05) is 0 Å². The van der Waals surface area contributed by atoms with Gasteiger partial charge in [0, 0.05) is 17.0 Å². The van der Waals surface area contributed by atoms with Gasteiger partial charge in [-0.3, -0.25) is 0 Å². The number of nitriles is 1. The van der Waals surface area contributed by atoms with Crippen molar-refractivity contribution in [2.75, 3.05) is 18.1 Å². The van der Waals surface area contributed by atoms with Crippen LogP contribution in [0, 0.1) is 11.3 Å². The van der Waals surface area contributed by atoms with Crippen LogP contribution in [0.25, 0.3) is 0 Å². The molecular weight excluding hydrogens is 242 g/mol. The van der Waals surface area contributed by atoms with E-state index in [-0.39, 0.29) is 4.75 Å². The quantitative estimate of drug-likeness (QED) is 0.905. The Balaban J connectivity index is 2.20. The topological polar surface area (TPSA) is 48.7 Å². The number of hydrogen-bond donors (Lipinski definition) is 1. The molecule has 1 aliphatic carbocycles. The van der Waals surface area contributed by atoms with Gasteiger partial charge in [0.05, 0.1) is 5.56 Å². The predicted octanol–water partition coefficient (Wildman–Crippen LogP) is 3.00. The van der Waals surface area contributed by atoms with Gasteiger partial charge in [0.2, 0.25) is 0 Å². The van der Waals surface area contributed by atoms with Crippen molar-refractivity contribution in [1.82, 2.24) is 4.98 Å². The van der Waals surface area contributed by atoms with E-state index >= 15 is 0 Å². The lowest BCUT2D eigenvalue weighted by atomic mass is 10.1. The molecular formula is C14H19N3S. The molecule has 3 nitrogen and oxygen atoms in total. The van der Waals surface area contributed by atoms with Crippen molar-refractivity contribution in [3.63, 3.8) is 0 Å². The first-order valence-electron chi connectivity index (χ1n) is 6.27. The summed E-state index contributed by atoms with van der Waals surface area (Å²) in [5.74, 6) is 0.750. The maximum Gasteiger partial charge on any atom is 0.144 e. The van der Waals surface area contributed by atoms with Crippen LogP contribution in [0.15, 0.2) is 6.07 Å². The lowest BCUT2D eigenvalue weighted by Crippen LogP contribution is -2.26. The van der Waals surface area contributed by atoms with Gasteiger partial charge >= 0.3 is 0 Å². The van der Waals surface area contributed by atoms with Gasteiger partial charge in [-0.25, -0.2) is 4.98 Å². The number of nitrogens with one attached hydrogen (secondary N) is 1. The zero-order valence-electron chi connectivity index (χ0n) is 11.2. The molecule has 0 fully saturated rings. The highest BCUT2D eigenvalue weighted by Crippen LogP contribution is 2.26. The number of hydrogen-bond acceptors (Lipinski definition) is 4. The summed E-state index contributed by atoms with van der Waals surface area (Å²) in [7, 11) is 0. The molecule has 0 aromatic carbocycles. The average molecular weight is 261 g/mol. The van der Waals surface area contributed by atoms with Gasteiger partial charge in [0.15, 0.2) is 0 Å². The third-order valence-electron chi connectivity index (χ3n) is 3.41. The van der Waals surface area contributed by atoms with E-state index in [4.69, 9.17) is 0 Å². The lowest BCUT2D eigenvalue weighted by molar-refractivity contribution is 0.749. The maximum absolute atomic E-state index is 9.20. The van der Waals surface area contributed by atoms with Crippen LogP contribution in [-0.4, -0.2) is 22.5 Å². The predicted molar refractivity (Wildman–Crippen MR) is 77.1 cm³/mol. The Morgan fingerprint density at radius 2 is 2.28 bits per heavy atom. The summed E-state index contributed by atoms with van der Waals surface area (Å²) in [5, 5.41) is 12.5. The number of fused-ring (bicyclic) bond motifs is 1. The molecule has 1 aliphatic rings. The van der Waals surface area contributed by atoms with E-state index in [1.807, 2.05) is 17.8 Å². The second-order valence-corrected chi connectivity index (χ2v) is 6.79. The first kappa shape index (κ1) is 13.2. The minimum Gasteiger partial charge on any atom is -0.368 e. The number of aryl methyl sites for hydroxylation is 2. The van der Waals surface area contributed by atoms with E-state index in [9.17, 15) is 5.26 Å². The van der Waals surface area contributed by atoms with Crippen molar-refractivity contribution >= 4 is 17.6 Å². The van der Waals surface area contributed by atoms with Gasteiger partial charge in [0.1, 0.15) is 11.9 Å². The minimum absolute atomic E-state index is 0.146. The Bertz CT molecular complexity index is 489. The van der Waals surface area contributed by atoms with Gasteiger partial charge in [-0.05, 0) is 51.0 Å². The Kier molecular flexibility index (Phi) is 3.82. The Labute approximate surface area is 113 Å². The van der Waals surface area contributed by atoms with Crippen molar-refractivity contribution in [3.8, 4) is 6.07 Å². The highest BCUT2D eigenvalue weighted by atomic mass is 32.2. The third-order valence-corrected chi connectivity index (χ3v) is 4.65. The van der Waals surface area contributed by atoms with Gasteiger partial charge in [-0.2, -0.15) is 17.0 Å². The van der Waals surface area contributed by atoms with Crippen molar-refractivity contribution in [2.24, 2.45) is 0 Å². The summed E-state index contributed by atoms with van der Waals surface area (Å²) in [4.78, 5) is 4.62. The monoisotopic (exact) mass is 261 g/mol. The van der Waals surface area contributed by atoms with E-state index in [0.717, 1.165) is 31.6 Å². The smallest absolute Gasteiger partial charge is 0.144 e. The summed E-state index contributed by atoms with van der Waals surface area (Å²) >= 11 is 1.81. The van der Waals surface area contributed by atoms with Crippen LogP contribution < -0.4 is 5.32 Å². The SMILES string of the molecule is CSC(C)(C)CNc1nc2c(cc1C#N)CCC2. The molecule has 1 aromatic heterocycles. The number of rotatable bonds is 4. The van der Waals surface area contributed by atoms with Crippen LogP contribution in [-0.2, 0) is 12.8 Å². The maximum atomic E-state index is 9.20. The summed E-state index contributed by atoms with van der Waals surface area (Å²) in [6, 6.07) is 4.25. The first-order chi connectivity index (χ1) is 8.55. The highest BCUT2D eigenvalue weighted by molar-refractivity contribution is 7.99. The van der Waals surface area contributed by atoms with E-state index in [0.29, 0.717) is 5.56 Å².